The highest BCUT2D eigenvalue weighted by Gasteiger charge is 2.19. The van der Waals surface area contributed by atoms with E-state index in [1.54, 1.807) is 0 Å². The van der Waals surface area contributed by atoms with Crippen molar-refractivity contribution in [2.24, 2.45) is 0 Å². The predicted molar refractivity (Wildman–Crippen MR) is 188 cm³/mol. The van der Waals surface area contributed by atoms with E-state index in [0.29, 0.717) is 0 Å². The van der Waals surface area contributed by atoms with Crippen molar-refractivity contribution in [1.82, 2.24) is 4.98 Å². The summed E-state index contributed by atoms with van der Waals surface area (Å²) in [5.74, 6) is 0. The second kappa shape index (κ2) is 11.1. The molecule has 0 unspecified atom stereocenters. The minimum absolute atomic E-state index is 1.03. The summed E-state index contributed by atoms with van der Waals surface area (Å²) in [4.78, 5) is 4.32. The predicted octanol–water partition coefficient (Wildman–Crippen LogP) is 11.4. The first kappa shape index (κ1) is 26.4. The van der Waals surface area contributed by atoms with Gasteiger partial charge in [-0.15, -0.1) is 0 Å². The Kier molecular flexibility index (Phi) is 6.65. The molecule has 1 aromatic heterocycles. The van der Waals surface area contributed by atoms with Gasteiger partial charge in [-0.2, -0.15) is 0 Å². The lowest BCUT2D eigenvalue weighted by atomic mass is 9.83. The van der Waals surface area contributed by atoms with E-state index in [1.807, 2.05) is 18.5 Å². The van der Waals surface area contributed by atoms with Gasteiger partial charge in [0.25, 0.3) is 0 Å². The highest BCUT2D eigenvalue weighted by molar-refractivity contribution is 6.21. The molecular weight excluding hydrogens is 530 g/mol. The third-order valence-electron chi connectivity index (χ3n) is 9.21. The summed E-state index contributed by atoms with van der Waals surface area (Å²) in [6, 6.07) is 47.1. The third kappa shape index (κ3) is 4.62. The largest absolute Gasteiger partial charge is 0.264 e. The maximum absolute atomic E-state index is 4.32. The van der Waals surface area contributed by atoms with Crippen molar-refractivity contribution in [3.8, 4) is 33.4 Å². The zero-order chi connectivity index (χ0) is 29.5. The fourth-order valence-corrected chi connectivity index (χ4v) is 7.00. The van der Waals surface area contributed by atoms with E-state index in [4.69, 9.17) is 0 Å². The molecule has 1 heteroatoms. The molecule has 1 heterocycles. The highest BCUT2D eigenvalue weighted by atomic mass is 14.6. The van der Waals surface area contributed by atoms with Gasteiger partial charge in [0, 0.05) is 18.0 Å². The lowest BCUT2D eigenvalue weighted by molar-refractivity contribution is 1.00. The van der Waals surface area contributed by atoms with Crippen molar-refractivity contribution in [3.05, 3.63) is 162 Å². The van der Waals surface area contributed by atoms with E-state index >= 15 is 0 Å². The minimum atomic E-state index is 1.03. The van der Waals surface area contributed by atoms with E-state index in [9.17, 15) is 0 Å². The van der Waals surface area contributed by atoms with Crippen molar-refractivity contribution in [2.75, 3.05) is 0 Å². The van der Waals surface area contributed by atoms with Crippen LogP contribution in [0, 0.1) is 0 Å². The molecule has 0 aliphatic heterocycles. The number of allylic oxidation sites excluding steroid dienone is 1. The Morgan fingerprint density at radius 2 is 1.16 bits per heavy atom. The van der Waals surface area contributed by atoms with Gasteiger partial charge in [0.05, 0.1) is 0 Å². The molecule has 0 spiro atoms. The molecule has 0 N–H and O–H groups in total. The third-order valence-corrected chi connectivity index (χ3v) is 9.21. The first-order chi connectivity index (χ1) is 21.8. The Morgan fingerprint density at radius 1 is 0.523 bits per heavy atom. The van der Waals surface area contributed by atoms with Crippen LogP contribution < -0.4 is 0 Å². The van der Waals surface area contributed by atoms with Crippen LogP contribution in [0.15, 0.2) is 140 Å². The van der Waals surface area contributed by atoms with Gasteiger partial charge in [-0.3, -0.25) is 4.98 Å². The van der Waals surface area contributed by atoms with Crippen LogP contribution in [0.3, 0.4) is 0 Å². The Balaban J connectivity index is 1.25. The van der Waals surface area contributed by atoms with Gasteiger partial charge >= 0.3 is 0 Å². The number of aromatic nitrogens is 1. The second-order valence-corrected chi connectivity index (χ2v) is 11.8. The maximum Gasteiger partial charge on any atom is 0.0346 e. The molecule has 1 nitrogen and oxygen atoms in total. The molecule has 0 amide bonds. The fourth-order valence-electron chi connectivity index (χ4n) is 7.00. The van der Waals surface area contributed by atoms with Gasteiger partial charge in [-0.25, -0.2) is 0 Å². The average molecular weight is 564 g/mol. The Bertz CT molecular complexity index is 2150. The summed E-state index contributed by atoms with van der Waals surface area (Å²) in [7, 11) is 0. The smallest absolute Gasteiger partial charge is 0.0346 e. The van der Waals surface area contributed by atoms with E-state index in [-0.39, 0.29) is 0 Å². The van der Waals surface area contributed by atoms with Crippen LogP contribution in [0.2, 0.25) is 0 Å². The van der Waals surface area contributed by atoms with Crippen LogP contribution in [-0.4, -0.2) is 4.98 Å². The number of fused-ring (bicyclic) bond motifs is 3. The molecule has 0 bridgehead atoms. The summed E-state index contributed by atoms with van der Waals surface area (Å²) < 4.78 is 0. The molecule has 1 aliphatic carbocycles. The number of benzene rings is 6. The highest BCUT2D eigenvalue weighted by Crippen LogP contribution is 2.44. The Labute approximate surface area is 259 Å². The molecule has 8 rings (SSSR count). The molecule has 44 heavy (non-hydrogen) atoms. The second-order valence-electron chi connectivity index (χ2n) is 11.8. The normalized spacial score (nSPS) is 12.7. The van der Waals surface area contributed by atoms with Gasteiger partial charge in [0.15, 0.2) is 0 Å². The van der Waals surface area contributed by atoms with E-state index in [2.05, 4.69) is 139 Å². The van der Waals surface area contributed by atoms with Crippen LogP contribution in [-0.2, 0) is 12.8 Å². The van der Waals surface area contributed by atoms with Crippen LogP contribution in [0.25, 0.3) is 66.6 Å². The molecule has 0 saturated heterocycles. The van der Waals surface area contributed by atoms with Crippen LogP contribution in [0.4, 0.5) is 0 Å². The molecule has 0 radical (unpaired) electrons. The number of hydrogen-bond acceptors (Lipinski definition) is 1. The van der Waals surface area contributed by atoms with Crippen molar-refractivity contribution in [1.29, 1.82) is 0 Å². The molecule has 0 saturated carbocycles. The van der Waals surface area contributed by atoms with Crippen LogP contribution >= 0.6 is 0 Å². The lowest BCUT2D eigenvalue weighted by Crippen LogP contribution is -2.00. The van der Waals surface area contributed by atoms with Crippen molar-refractivity contribution < 1.29 is 0 Å². The number of hydrogen-bond donors (Lipinski definition) is 0. The van der Waals surface area contributed by atoms with Gasteiger partial charge < -0.3 is 0 Å². The molecule has 7 aromatic rings. The Hall–Kier alpha value is -5.27. The zero-order valence-corrected chi connectivity index (χ0v) is 24.9. The molecule has 1 aliphatic rings. The number of rotatable bonds is 5. The maximum atomic E-state index is 4.32. The van der Waals surface area contributed by atoms with E-state index < -0.39 is 0 Å². The fraction of sp³-hybridized carbons (Fsp3) is 0.0930. The topological polar surface area (TPSA) is 12.9 Å². The first-order valence-corrected chi connectivity index (χ1v) is 15.6. The standard InChI is InChI=1S/C43H33N/c1-2-29-10-7-13-35(24-29)42-38-15-3-5-17-40(38)43(41-18-6-4-16-39(41)42)36-22-21-33-26-32(19-20-34(33)27-36)30-11-8-12-31(25-30)37-14-9-23-44-28-37/h3-18,21-28H,2,19-20H2,1H3. The van der Waals surface area contributed by atoms with Gasteiger partial charge in [0.1, 0.15) is 0 Å². The van der Waals surface area contributed by atoms with Crippen LogP contribution in [0.1, 0.15) is 35.6 Å². The monoisotopic (exact) mass is 563 g/mol. The quantitative estimate of drug-likeness (QED) is 0.190. The van der Waals surface area contributed by atoms with Gasteiger partial charge in [-0.05, 0) is 109 Å². The number of pyridine rings is 1. The summed E-state index contributed by atoms with van der Waals surface area (Å²) in [6.07, 6.45) is 9.25. The summed E-state index contributed by atoms with van der Waals surface area (Å²) in [5, 5.41) is 5.23. The molecule has 0 fully saturated rings. The van der Waals surface area contributed by atoms with E-state index in [1.165, 1.54) is 77.2 Å². The first-order valence-electron chi connectivity index (χ1n) is 15.6. The van der Waals surface area contributed by atoms with Crippen LogP contribution in [0.5, 0.6) is 0 Å². The Morgan fingerprint density at radius 3 is 1.84 bits per heavy atom. The minimum Gasteiger partial charge on any atom is -0.264 e. The molecule has 210 valence electrons. The van der Waals surface area contributed by atoms with Crippen molar-refractivity contribution in [3.63, 3.8) is 0 Å². The average Bonchev–Trinajstić information content (AvgIpc) is 3.10. The lowest BCUT2D eigenvalue weighted by Gasteiger charge is -2.21. The van der Waals surface area contributed by atoms with E-state index in [0.717, 1.165) is 24.8 Å². The van der Waals surface area contributed by atoms with Crippen molar-refractivity contribution in [2.45, 2.75) is 26.2 Å². The number of aryl methyl sites for hydroxylation is 2. The SMILES string of the molecule is CCc1cccc(-c2c3ccccc3c(-c3ccc4c(c3)CCC(c3cccc(-c5cccnc5)c3)=C4)c3ccccc23)c1. The summed E-state index contributed by atoms with van der Waals surface area (Å²) >= 11 is 0. The van der Waals surface area contributed by atoms with Gasteiger partial charge in [-0.1, -0.05) is 128 Å². The summed E-state index contributed by atoms with van der Waals surface area (Å²) in [6.45, 7) is 2.23. The zero-order valence-electron chi connectivity index (χ0n) is 24.9. The molecular formula is C43H33N. The van der Waals surface area contributed by atoms with Crippen molar-refractivity contribution >= 4 is 33.2 Å². The molecule has 6 aromatic carbocycles. The summed E-state index contributed by atoms with van der Waals surface area (Å²) in [5.41, 5.74) is 14.4. The molecule has 0 atom stereocenters. The van der Waals surface area contributed by atoms with Gasteiger partial charge in [0.2, 0.25) is 0 Å². The number of nitrogens with zero attached hydrogens (tertiary/aromatic N) is 1.